The molecule has 0 radical (unpaired) electrons. The lowest BCUT2D eigenvalue weighted by atomic mass is 10.1. The summed E-state index contributed by atoms with van der Waals surface area (Å²) in [4.78, 5) is 14.2. The number of rotatable bonds is 8. The standard InChI is InChI=1S/C18H27N3O2.2ClH/c22-18(13-19-11-15-4-5-15)20-12-16-2-1-3-17(10-16)14-21-6-8-23-9-7-21;;/h1-3,10,15,19H,4-9,11-14H2,(H,20,22);2*1H. The first kappa shape index (κ1) is 22.2. The smallest absolute Gasteiger partial charge is 0.234 e. The van der Waals surface area contributed by atoms with Crippen LogP contribution in [0, 0.1) is 5.92 Å². The van der Waals surface area contributed by atoms with E-state index in [0.29, 0.717) is 13.1 Å². The summed E-state index contributed by atoms with van der Waals surface area (Å²) < 4.78 is 5.38. The van der Waals surface area contributed by atoms with Gasteiger partial charge in [-0.05, 0) is 36.4 Å². The highest BCUT2D eigenvalue weighted by molar-refractivity contribution is 5.85. The van der Waals surface area contributed by atoms with Gasteiger partial charge in [0.15, 0.2) is 0 Å². The number of hydrogen-bond donors (Lipinski definition) is 2. The third kappa shape index (κ3) is 8.38. The van der Waals surface area contributed by atoms with Crippen LogP contribution in [0.5, 0.6) is 0 Å². The van der Waals surface area contributed by atoms with E-state index in [4.69, 9.17) is 4.74 Å². The van der Waals surface area contributed by atoms with Crippen LogP contribution in [0.4, 0.5) is 0 Å². The van der Waals surface area contributed by atoms with Crippen LogP contribution >= 0.6 is 24.8 Å². The van der Waals surface area contributed by atoms with Crippen molar-refractivity contribution in [2.24, 2.45) is 5.92 Å². The number of ether oxygens (including phenoxy) is 1. The Morgan fingerprint density at radius 3 is 2.60 bits per heavy atom. The molecule has 1 aliphatic carbocycles. The van der Waals surface area contributed by atoms with E-state index in [2.05, 4.69) is 39.8 Å². The maximum Gasteiger partial charge on any atom is 0.234 e. The largest absolute Gasteiger partial charge is 0.379 e. The molecule has 1 aromatic carbocycles. The second-order valence-electron chi connectivity index (χ2n) is 6.56. The number of hydrogen-bond acceptors (Lipinski definition) is 4. The first-order valence-corrected chi connectivity index (χ1v) is 8.65. The molecule has 0 unspecified atom stereocenters. The molecule has 1 saturated heterocycles. The molecule has 7 heteroatoms. The number of nitrogens with one attached hydrogen (secondary N) is 2. The molecule has 0 atom stereocenters. The van der Waals surface area contributed by atoms with Crippen molar-refractivity contribution in [1.82, 2.24) is 15.5 Å². The summed E-state index contributed by atoms with van der Waals surface area (Å²) in [5.74, 6) is 0.879. The molecule has 5 nitrogen and oxygen atoms in total. The van der Waals surface area contributed by atoms with Crippen molar-refractivity contribution in [2.45, 2.75) is 25.9 Å². The van der Waals surface area contributed by atoms with Gasteiger partial charge in [0.2, 0.25) is 5.91 Å². The minimum atomic E-state index is 0. The fourth-order valence-corrected chi connectivity index (χ4v) is 2.83. The number of carbonyl (C=O) groups excluding carboxylic acids is 1. The topological polar surface area (TPSA) is 53.6 Å². The molecule has 25 heavy (non-hydrogen) atoms. The van der Waals surface area contributed by atoms with E-state index in [1.54, 1.807) is 0 Å². The molecule has 1 aliphatic heterocycles. The second-order valence-corrected chi connectivity index (χ2v) is 6.56. The predicted molar refractivity (Wildman–Crippen MR) is 104 cm³/mol. The molecule has 2 fully saturated rings. The molecule has 2 aliphatic rings. The highest BCUT2D eigenvalue weighted by Gasteiger charge is 2.20. The first-order valence-electron chi connectivity index (χ1n) is 8.65. The Bertz CT molecular complexity index is 521. The van der Waals surface area contributed by atoms with E-state index >= 15 is 0 Å². The monoisotopic (exact) mass is 389 g/mol. The highest BCUT2D eigenvalue weighted by Crippen LogP contribution is 2.27. The quantitative estimate of drug-likeness (QED) is 0.713. The molecule has 0 aromatic heterocycles. The van der Waals surface area contributed by atoms with Gasteiger partial charge in [-0.15, -0.1) is 24.8 Å². The number of amides is 1. The summed E-state index contributed by atoms with van der Waals surface area (Å²) in [7, 11) is 0. The number of halogens is 2. The summed E-state index contributed by atoms with van der Waals surface area (Å²) in [5, 5.41) is 6.21. The Hall–Kier alpha value is -0.850. The SMILES string of the molecule is Cl.Cl.O=C(CNCC1CC1)NCc1cccc(CN2CCOCC2)c1. The van der Waals surface area contributed by atoms with Crippen LogP contribution in [0.2, 0.25) is 0 Å². The number of nitrogens with zero attached hydrogens (tertiary/aromatic N) is 1. The Kier molecular flexibility index (Phi) is 10.4. The molecule has 0 spiro atoms. The Labute approximate surface area is 162 Å². The van der Waals surface area contributed by atoms with Gasteiger partial charge < -0.3 is 15.4 Å². The van der Waals surface area contributed by atoms with Crippen molar-refractivity contribution >= 4 is 30.7 Å². The highest BCUT2D eigenvalue weighted by atomic mass is 35.5. The van der Waals surface area contributed by atoms with E-state index in [1.807, 2.05) is 0 Å². The van der Waals surface area contributed by atoms with E-state index in [9.17, 15) is 4.79 Å². The van der Waals surface area contributed by atoms with E-state index in [0.717, 1.165) is 50.9 Å². The van der Waals surface area contributed by atoms with Crippen molar-refractivity contribution in [1.29, 1.82) is 0 Å². The molecule has 1 aromatic rings. The molecular weight excluding hydrogens is 361 g/mol. The number of benzene rings is 1. The van der Waals surface area contributed by atoms with Crippen molar-refractivity contribution in [3.63, 3.8) is 0 Å². The van der Waals surface area contributed by atoms with Crippen LogP contribution in [-0.4, -0.2) is 50.2 Å². The van der Waals surface area contributed by atoms with Crippen LogP contribution in [0.15, 0.2) is 24.3 Å². The van der Waals surface area contributed by atoms with Crippen molar-refractivity contribution < 1.29 is 9.53 Å². The zero-order valence-corrected chi connectivity index (χ0v) is 16.2. The Morgan fingerprint density at radius 2 is 1.88 bits per heavy atom. The molecule has 2 N–H and O–H groups in total. The summed E-state index contributed by atoms with van der Waals surface area (Å²) >= 11 is 0. The van der Waals surface area contributed by atoms with E-state index in [-0.39, 0.29) is 30.7 Å². The number of morpholine rings is 1. The van der Waals surface area contributed by atoms with Crippen LogP contribution in [0.3, 0.4) is 0 Å². The predicted octanol–water partition coefficient (Wildman–Crippen LogP) is 1.98. The van der Waals surface area contributed by atoms with Gasteiger partial charge in [0, 0.05) is 26.2 Å². The summed E-state index contributed by atoms with van der Waals surface area (Å²) in [6, 6.07) is 8.48. The van der Waals surface area contributed by atoms with Crippen LogP contribution in [0.1, 0.15) is 24.0 Å². The lowest BCUT2D eigenvalue weighted by molar-refractivity contribution is -0.120. The lowest BCUT2D eigenvalue weighted by Crippen LogP contribution is -2.35. The van der Waals surface area contributed by atoms with Crippen molar-refractivity contribution in [2.75, 3.05) is 39.4 Å². The maximum absolute atomic E-state index is 11.8. The van der Waals surface area contributed by atoms with Gasteiger partial charge in [0.1, 0.15) is 0 Å². The van der Waals surface area contributed by atoms with Crippen molar-refractivity contribution in [3.05, 3.63) is 35.4 Å². The van der Waals surface area contributed by atoms with Gasteiger partial charge >= 0.3 is 0 Å². The molecule has 142 valence electrons. The zero-order chi connectivity index (χ0) is 15.9. The third-order valence-corrected chi connectivity index (χ3v) is 4.41. The Morgan fingerprint density at radius 1 is 1.16 bits per heavy atom. The zero-order valence-electron chi connectivity index (χ0n) is 14.5. The molecule has 3 rings (SSSR count). The van der Waals surface area contributed by atoms with Gasteiger partial charge in [-0.25, -0.2) is 0 Å². The van der Waals surface area contributed by atoms with Gasteiger partial charge in [0.25, 0.3) is 0 Å². The molecule has 1 saturated carbocycles. The van der Waals surface area contributed by atoms with E-state index < -0.39 is 0 Å². The second kappa shape index (κ2) is 11.7. The number of carbonyl (C=O) groups is 1. The molecule has 1 amide bonds. The van der Waals surface area contributed by atoms with Crippen molar-refractivity contribution in [3.8, 4) is 0 Å². The van der Waals surface area contributed by atoms with Crippen LogP contribution in [-0.2, 0) is 22.6 Å². The molecular formula is C18H29Cl2N3O2. The minimum Gasteiger partial charge on any atom is -0.379 e. The fourth-order valence-electron chi connectivity index (χ4n) is 2.83. The van der Waals surface area contributed by atoms with Gasteiger partial charge in [-0.2, -0.15) is 0 Å². The normalized spacial score (nSPS) is 17.3. The third-order valence-electron chi connectivity index (χ3n) is 4.41. The van der Waals surface area contributed by atoms with Crippen LogP contribution in [0.25, 0.3) is 0 Å². The first-order chi connectivity index (χ1) is 11.3. The summed E-state index contributed by atoms with van der Waals surface area (Å²) in [6.45, 7) is 6.58. The van der Waals surface area contributed by atoms with Gasteiger partial charge in [-0.3, -0.25) is 9.69 Å². The Balaban J connectivity index is 0.00000156. The maximum atomic E-state index is 11.8. The minimum absolute atomic E-state index is 0. The lowest BCUT2D eigenvalue weighted by Gasteiger charge is -2.26. The molecule has 0 bridgehead atoms. The van der Waals surface area contributed by atoms with Gasteiger partial charge in [-0.1, -0.05) is 24.3 Å². The fraction of sp³-hybridized carbons (Fsp3) is 0.611. The average molecular weight is 390 g/mol. The molecule has 1 heterocycles. The van der Waals surface area contributed by atoms with Crippen LogP contribution < -0.4 is 10.6 Å². The average Bonchev–Trinajstić information content (AvgIpc) is 3.39. The van der Waals surface area contributed by atoms with Gasteiger partial charge in [0.05, 0.1) is 19.8 Å². The summed E-state index contributed by atoms with van der Waals surface area (Å²) in [5.41, 5.74) is 2.46. The van der Waals surface area contributed by atoms with E-state index in [1.165, 1.54) is 18.4 Å². The summed E-state index contributed by atoms with van der Waals surface area (Å²) in [6.07, 6.45) is 2.62.